The van der Waals surface area contributed by atoms with Crippen LogP contribution < -0.4 is 14.4 Å². The Morgan fingerprint density at radius 3 is 2.81 bits per heavy atom. The number of nitrogens with zero attached hydrogens (tertiary/aromatic N) is 2. The highest BCUT2D eigenvalue weighted by Gasteiger charge is 2.32. The van der Waals surface area contributed by atoms with Crippen molar-refractivity contribution in [2.75, 3.05) is 17.7 Å². The van der Waals surface area contributed by atoms with E-state index in [1.54, 1.807) is 6.07 Å². The van der Waals surface area contributed by atoms with Crippen LogP contribution in [0.15, 0.2) is 6.07 Å². The fourth-order valence-corrected chi connectivity index (χ4v) is 2.75. The number of fused-ring (bicyclic) bond motifs is 1. The monoisotopic (exact) mass is 311 g/mol. The van der Waals surface area contributed by atoms with E-state index in [4.69, 9.17) is 4.18 Å². The van der Waals surface area contributed by atoms with Crippen molar-refractivity contribution in [1.82, 2.24) is 10.3 Å². The number of anilines is 1. The molecule has 114 valence electrons. The number of nitrogens with one attached hydrogen (secondary N) is 1. The summed E-state index contributed by atoms with van der Waals surface area (Å²) in [5, 5.41) is 2.67. The molecule has 0 radical (unpaired) electrons. The minimum Gasteiger partial charge on any atom is -0.361 e. The van der Waals surface area contributed by atoms with Crippen molar-refractivity contribution >= 4 is 21.8 Å². The number of aromatic nitrogens is 1. The zero-order chi connectivity index (χ0) is 15.2. The molecule has 2 heterocycles. The molecule has 0 unspecified atom stereocenters. The first-order valence-electron chi connectivity index (χ1n) is 6.88. The van der Waals surface area contributed by atoms with Crippen molar-refractivity contribution in [1.29, 1.82) is 0 Å². The summed E-state index contributed by atoms with van der Waals surface area (Å²) in [5.41, 5.74) is 0.943. The summed E-state index contributed by atoms with van der Waals surface area (Å²) in [5.74, 6) is 0.203. The second-order valence-electron chi connectivity index (χ2n) is 5.27. The Morgan fingerprint density at radius 2 is 2.19 bits per heavy atom. The number of pyridine rings is 1. The van der Waals surface area contributed by atoms with E-state index in [-0.39, 0.29) is 24.1 Å². The van der Waals surface area contributed by atoms with Gasteiger partial charge in [-0.25, -0.2) is 0 Å². The third-order valence-corrected chi connectivity index (χ3v) is 4.88. The fourth-order valence-electron chi connectivity index (χ4n) is 2.25. The Labute approximate surface area is 123 Å². The lowest BCUT2D eigenvalue weighted by Crippen LogP contribution is -2.22. The highest BCUT2D eigenvalue weighted by Crippen LogP contribution is 2.34. The third-order valence-electron chi connectivity index (χ3n) is 3.76. The SMILES string of the molecule is CCS(=O)(=O)Oc1nc(N(C)C2CC2)cc2c1CNC2=O. The molecular formula is C13H17N3O4S. The van der Waals surface area contributed by atoms with E-state index in [2.05, 4.69) is 10.3 Å². The van der Waals surface area contributed by atoms with Crippen LogP contribution in [0.3, 0.4) is 0 Å². The lowest BCUT2D eigenvalue weighted by Gasteiger charge is -2.19. The topological polar surface area (TPSA) is 88.6 Å². The predicted molar refractivity (Wildman–Crippen MR) is 76.9 cm³/mol. The molecular weight excluding hydrogens is 294 g/mol. The molecule has 1 fully saturated rings. The highest BCUT2D eigenvalue weighted by molar-refractivity contribution is 7.87. The second-order valence-corrected chi connectivity index (χ2v) is 7.13. The molecule has 0 saturated heterocycles. The average Bonchev–Trinajstić information content (AvgIpc) is 3.23. The molecule has 21 heavy (non-hydrogen) atoms. The van der Waals surface area contributed by atoms with Crippen LogP contribution in [-0.2, 0) is 16.7 Å². The molecule has 0 bridgehead atoms. The third kappa shape index (κ3) is 2.67. The van der Waals surface area contributed by atoms with Crippen molar-refractivity contribution in [3.63, 3.8) is 0 Å². The quantitative estimate of drug-likeness (QED) is 0.803. The molecule has 0 spiro atoms. The molecule has 0 aromatic carbocycles. The summed E-state index contributed by atoms with van der Waals surface area (Å²) in [4.78, 5) is 18.1. The summed E-state index contributed by atoms with van der Waals surface area (Å²) in [6.45, 7) is 1.74. The molecule has 7 nitrogen and oxygen atoms in total. The van der Waals surface area contributed by atoms with Gasteiger partial charge in [0.1, 0.15) is 5.82 Å². The van der Waals surface area contributed by atoms with Gasteiger partial charge in [0, 0.05) is 25.2 Å². The average molecular weight is 311 g/mol. The van der Waals surface area contributed by atoms with Crippen LogP contribution in [-0.4, -0.2) is 38.2 Å². The number of carbonyl (C=O) groups excluding carboxylic acids is 1. The van der Waals surface area contributed by atoms with Crippen LogP contribution in [0, 0.1) is 0 Å². The van der Waals surface area contributed by atoms with Crippen molar-refractivity contribution < 1.29 is 17.4 Å². The van der Waals surface area contributed by atoms with Crippen molar-refractivity contribution in [2.24, 2.45) is 0 Å². The van der Waals surface area contributed by atoms with E-state index in [0.29, 0.717) is 23.0 Å². The molecule has 1 aromatic heterocycles. The van der Waals surface area contributed by atoms with E-state index in [0.717, 1.165) is 12.8 Å². The number of hydrogen-bond donors (Lipinski definition) is 1. The Bertz CT molecular complexity index is 698. The molecule has 3 rings (SSSR count). The number of rotatable bonds is 5. The summed E-state index contributed by atoms with van der Waals surface area (Å²) < 4.78 is 28.5. The molecule has 1 aliphatic carbocycles. The Balaban J connectivity index is 2.05. The van der Waals surface area contributed by atoms with E-state index < -0.39 is 10.1 Å². The van der Waals surface area contributed by atoms with Gasteiger partial charge in [0.15, 0.2) is 0 Å². The van der Waals surface area contributed by atoms with Gasteiger partial charge < -0.3 is 14.4 Å². The van der Waals surface area contributed by atoms with Crippen LogP contribution in [0.2, 0.25) is 0 Å². The van der Waals surface area contributed by atoms with E-state index >= 15 is 0 Å². The van der Waals surface area contributed by atoms with Crippen LogP contribution >= 0.6 is 0 Å². The maximum atomic E-state index is 11.9. The van der Waals surface area contributed by atoms with Crippen molar-refractivity contribution in [3.8, 4) is 5.88 Å². The van der Waals surface area contributed by atoms with Gasteiger partial charge in [-0.1, -0.05) is 0 Å². The first-order valence-corrected chi connectivity index (χ1v) is 8.46. The summed E-state index contributed by atoms with van der Waals surface area (Å²) >= 11 is 0. The first kappa shape index (κ1) is 14.1. The normalized spacial score (nSPS) is 17.3. The van der Waals surface area contributed by atoms with Gasteiger partial charge in [-0.15, -0.1) is 0 Å². The molecule has 2 aliphatic rings. The van der Waals surface area contributed by atoms with Crippen LogP contribution in [0.1, 0.15) is 35.7 Å². The van der Waals surface area contributed by atoms with Crippen LogP contribution in [0.25, 0.3) is 0 Å². The molecule has 0 atom stereocenters. The minimum atomic E-state index is -3.68. The molecule has 1 saturated carbocycles. The summed E-state index contributed by atoms with van der Waals surface area (Å²) in [6, 6.07) is 2.09. The van der Waals surface area contributed by atoms with Crippen LogP contribution in [0.4, 0.5) is 5.82 Å². The van der Waals surface area contributed by atoms with E-state index in [9.17, 15) is 13.2 Å². The van der Waals surface area contributed by atoms with Gasteiger partial charge in [-0.05, 0) is 25.8 Å². The summed E-state index contributed by atoms with van der Waals surface area (Å²) in [7, 11) is -1.79. The van der Waals surface area contributed by atoms with Gasteiger partial charge in [0.25, 0.3) is 5.91 Å². The predicted octanol–water partition coefficient (Wildman–Crippen LogP) is 0.652. The second kappa shape index (κ2) is 4.87. The Hall–Kier alpha value is -1.83. The molecule has 1 amide bonds. The van der Waals surface area contributed by atoms with Gasteiger partial charge in [0.05, 0.1) is 11.3 Å². The molecule has 8 heteroatoms. The fraction of sp³-hybridized carbons (Fsp3) is 0.538. The van der Waals surface area contributed by atoms with Gasteiger partial charge >= 0.3 is 10.1 Å². The summed E-state index contributed by atoms with van der Waals surface area (Å²) in [6.07, 6.45) is 2.15. The zero-order valence-electron chi connectivity index (χ0n) is 11.9. The Morgan fingerprint density at radius 1 is 1.48 bits per heavy atom. The minimum absolute atomic E-state index is 0.00944. The standard InChI is InChI=1S/C13H17N3O4S/c1-3-21(18,19)20-13-10-7-14-12(17)9(10)6-11(15-13)16(2)8-4-5-8/h6,8H,3-5,7H2,1-2H3,(H,14,17). The highest BCUT2D eigenvalue weighted by atomic mass is 32.2. The molecule has 1 N–H and O–H groups in total. The Kier molecular flexibility index (Phi) is 3.27. The number of amides is 1. The van der Waals surface area contributed by atoms with Gasteiger partial charge in [0.2, 0.25) is 5.88 Å². The van der Waals surface area contributed by atoms with Crippen molar-refractivity contribution in [3.05, 3.63) is 17.2 Å². The number of carbonyl (C=O) groups is 1. The molecule has 1 aliphatic heterocycles. The maximum absolute atomic E-state index is 11.9. The number of hydrogen-bond acceptors (Lipinski definition) is 6. The van der Waals surface area contributed by atoms with E-state index in [1.807, 2.05) is 11.9 Å². The smallest absolute Gasteiger partial charge is 0.310 e. The van der Waals surface area contributed by atoms with Gasteiger partial charge in [-0.2, -0.15) is 13.4 Å². The lowest BCUT2D eigenvalue weighted by molar-refractivity contribution is 0.0965. The lowest BCUT2D eigenvalue weighted by atomic mass is 10.1. The van der Waals surface area contributed by atoms with Crippen molar-refractivity contribution in [2.45, 2.75) is 32.4 Å². The largest absolute Gasteiger partial charge is 0.361 e. The first-order chi connectivity index (χ1) is 9.91. The zero-order valence-corrected chi connectivity index (χ0v) is 12.7. The molecule has 1 aromatic rings. The van der Waals surface area contributed by atoms with Crippen LogP contribution in [0.5, 0.6) is 5.88 Å². The van der Waals surface area contributed by atoms with Gasteiger partial charge in [-0.3, -0.25) is 4.79 Å². The van der Waals surface area contributed by atoms with E-state index in [1.165, 1.54) is 6.92 Å². The maximum Gasteiger partial charge on any atom is 0.310 e.